The Bertz CT molecular complexity index is 1430. The summed E-state index contributed by atoms with van der Waals surface area (Å²) in [4.78, 5) is 26.1. The summed E-state index contributed by atoms with van der Waals surface area (Å²) in [6, 6.07) is 19.7. The molecule has 0 unspecified atom stereocenters. The second kappa shape index (κ2) is 8.51. The molecule has 0 bridgehead atoms. The number of imidazole rings is 1. The number of fused-ring (bicyclic) bond motifs is 1. The predicted octanol–water partition coefficient (Wildman–Crippen LogP) is 5.26. The number of alkyl carbamates (subject to hydrolysis) is 1. The molecule has 2 heterocycles. The van der Waals surface area contributed by atoms with Gasteiger partial charge in [0.2, 0.25) is 5.82 Å². The van der Waals surface area contributed by atoms with Crippen LogP contribution < -0.4 is 5.32 Å². The molecule has 176 valence electrons. The molecule has 4 aromatic rings. The predicted molar refractivity (Wildman–Crippen MR) is 132 cm³/mol. The maximum absolute atomic E-state index is 12.5. The highest BCUT2D eigenvalue weighted by Crippen LogP contribution is 2.42. The third-order valence-corrected chi connectivity index (χ3v) is 6.16. The van der Waals surface area contributed by atoms with Gasteiger partial charge in [-0.25, -0.2) is 19.7 Å². The lowest BCUT2D eigenvalue weighted by atomic mass is 9.72. The number of benzene rings is 2. The SMILES string of the molecule is CC(C)(C)OC(=O)NC1(c2ccc(-n3c(C#N)nc4cnc(-c5ccccc5)nc43)cc2)CCC1. The molecule has 8 nitrogen and oxygen atoms in total. The van der Waals surface area contributed by atoms with Crippen LogP contribution in [0.3, 0.4) is 0 Å². The lowest BCUT2D eigenvalue weighted by molar-refractivity contribution is 0.0377. The van der Waals surface area contributed by atoms with E-state index < -0.39 is 17.2 Å². The van der Waals surface area contributed by atoms with Crippen molar-refractivity contribution in [1.29, 1.82) is 5.26 Å². The molecule has 0 saturated heterocycles. The van der Waals surface area contributed by atoms with Crippen molar-refractivity contribution in [2.24, 2.45) is 0 Å². The highest BCUT2D eigenvalue weighted by Gasteiger charge is 2.41. The van der Waals surface area contributed by atoms with Crippen LogP contribution in [0.15, 0.2) is 60.8 Å². The van der Waals surface area contributed by atoms with E-state index in [1.54, 1.807) is 10.8 Å². The van der Waals surface area contributed by atoms with E-state index in [9.17, 15) is 10.1 Å². The first-order valence-electron chi connectivity index (χ1n) is 11.6. The molecular weight excluding hydrogens is 440 g/mol. The zero-order chi connectivity index (χ0) is 24.6. The fourth-order valence-electron chi connectivity index (χ4n) is 4.36. The molecule has 0 radical (unpaired) electrons. The van der Waals surface area contributed by atoms with E-state index in [2.05, 4.69) is 21.4 Å². The quantitative estimate of drug-likeness (QED) is 0.440. The fraction of sp³-hybridized carbons (Fsp3) is 0.296. The number of carbonyl (C=O) groups excluding carboxylic acids is 1. The zero-order valence-electron chi connectivity index (χ0n) is 19.9. The Morgan fingerprint density at radius 2 is 1.80 bits per heavy atom. The molecule has 1 saturated carbocycles. The van der Waals surface area contributed by atoms with Crippen LogP contribution in [0.5, 0.6) is 0 Å². The van der Waals surface area contributed by atoms with Crippen LogP contribution in [0.25, 0.3) is 28.2 Å². The number of nitriles is 1. The number of amides is 1. The lowest BCUT2D eigenvalue weighted by Gasteiger charge is -2.43. The first kappa shape index (κ1) is 22.5. The Kier molecular flexibility index (Phi) is 5.48. The highest BCUT2D eigenvalue weighted by molar-refractivity contribution is 5.76. The van der Waals surface area contributed by atoms with Crippen molar-refractivity contribution < 1.29 is 9.53 Å². The van der Waals surface area contributed by atoms with Gasteiger partial charge in [0.05, 0.1) is 11.7 Å². The number of carbonyl (C=O) groups is 1. The molecule has 1 N–H and O–H groups in total. The Labute approximate surface area is 203 Å². The van der Waals surface area contributed by atoms with Crippen LogP contribution >= 0.6 is 0 Å². The topological polar surface area (TPSA) is 106 Å². The molecular formula is C27H26N6O2. The van der Waals surface area contributed by atoms with Crippen molar-refractivity contribution in [2.45, 2.75) is 51.2 Å². The van der Waals surface area contributed by atoms with Gasteiger partial charge in [0.1, 0.15) is 17.2 Å². The standard InChI is InChI=1S/C27H26N6O2/c1-26(2,3)35-25(34)32-27(14-7-15-27)19-10-12-20(13-11-19)33-22(16-28)30-21-17-29-23(31-24(21)33)18-8-5-4-6-9-18/h4-6,8-13,17H,7,14-15H2,1-3H3,(H,32,34). The molecule has 0 aliphatic heterocycles. The maximum Gasteiger partial charge on any atom is 0.408 e. The maximum atomic E-state index is 12.5. The minimum absolute atomic E-state index is 0.234. The molecule has 35 heavy (non-hydrogen) atoms. The van der Waals surface area contributed by atoms with E-state index in [4.69, 9.17) is 9.72 Å². The van der Waals surface area contributed by atoms with Gasteiger partial charge in [-0.1, -0.05) is 42.5 Å². The number of nitrogens with one attached hydrogen (secondary N) is 1. The summed E-state index contributed by atoms with van der Waals surface area (Å²) in [5, 5.41) is 12.8. The largest absolute Gasteiger partial charge is 0.444 e. The smallest absolute Gasteiger partial charge is 0.408 e. The zero-order valence-corrected chi connectivity index (χ0v) is 19.9. The van der Waals surface area contributed by atoms with E-state index in [0.717, 1.165) is 36.1 Å². The van der Waals surface area contributed by atoms with Gasteiger partial charge in [0.15, 0.2) is 11.5 Å². The van der Waals surface area contributed by atoms with E-state index in [-0.39, 0.29) is 5.82 Å². The minimum Gasteiger partial charge on any atom is -0.444 e. The number of hydrogen-bond donors (Lipinski definition) is 1. The molecule has 8 heteroatoms. The van der Waals surface area contributed by atoms with E-state index in [1.165, 1.54) is 0 Å². The Balaban J connectivity index is 1.50. The van der Waals surface area contributed by atoms with Crippen LogP contribution in [0, 0.1) is 11.3 Å². The van der Waals surface area contributed by atoms with E-state index in [0.29, 0.717) is 17.0 Å². The van der Waals surface area contributed by atoms with Gasteiger partial charge in [-0.2, -0.15) is 5.26 Å². The van der Waals surface area contributed by atoms with Crippen molar-refractivity contribution in [2.75, 3.05) is 0 Å². The lowest BCUT2D eigenvalue weighted by Crippen LogP contribution is -2.52. The summed E-state index contributed by atoms with van der Waals surface area (Å²) in [5.74, 6) is 0.799. The molecule has 1 aliphatic carbocycles. The molecule has 1 aliphatic rings. The Morgan fingerprint density at radius 3 is 2.40 bits per heavy atom. The van der Waals surface area contributed by atoms with Crippen LogP contribution in [-0.2, 0) is 10.3 Å². The summed E-state index contributed by atoms with van der Waals surface area (Å²) in [6.07, 6.45) is 3.94. The van der Waals surface area contributed by atoms with Crippen molar-refractivity contribution in [3.05, 3.63) is 72.2 Å². The Hall–Kier alpha value is -4.25. The van der Waals surface area contributed by atoms with Crippen LogP contribution in [0.1, 0.15) is 51.4 Å². The van der Waals surface area contributed by atoms with Gasteiger partial charge >= 0.3 is 6.09 Å². The monoisotopic (exact) mass is 466 g/mol. The average Bonchev–Trinajstić information content (AvgIpc) is 3.19. The molecule has 2 aromatic carbocycles. The molecule has 0 atom stereocenters. The average molecular weight is 467 g/mol. The number of rotatable bonds is 4. The summed E-state index contributed by atoms with van der Waals surface area (Å²) in [5.41, 5.74) is 2.75. The summed E-state index contributed by atoms with van der Waals surface area (Å²) < 4.78 is 7.22. The number of nitrogens with zero attached hydrogens (tertiary/aromatic N) is 5. The third kappa shape index (κ3) is 4.33. The minimum atomic E-state index is -0.560. The van der Waals surface area contributed by atoms with Crippen molar-refractivity contribution in [3.63, 3.8) is 0 Å². The first-order valence-corrected chi connectivity index (χ1v) is 11.6. The second-order valence-corrected chi connectivity index (χ2v) is 9.76. The molecule has 1 fully saturated rings. The van der Waals surface area contributed by atoms with Gasteiger partial charge < -0.3 is 10.1 Å². The van der Waals surface area contributed by atoms with Crippen molar-refractivity contribution in [3.8, 4) is 23.1 Å². The second-order valence-electron chi connectivity index (χ2n) is 9.76. The van der Waals surface area contributed by atoms with Gasteiger partial charge in [0, 0.05) is 11.3 Å². The third-order valence-electron chi connectivity index (χ3n) is 6.16. The van der Waals surface area contributed by atoms with Gasteiger partial charge in [0.25, 0.3) is 0 Å². The van der Waals surface area contributed by atoms with Gasteiger partial charge in [-0.3, -0.25) is 4.57 Å². The van der Waals surface area contributed by atoms with E-state index in [1.807, 2.05) is 75.4 Å². The van der Waals surface area contributed by atoms with Crippen molar-refractivity contribution in [1.82, 2.24) is 24.8 Å². The van der Waals surface area contributed by atoms with E-state index >= 15 is 0 Å². The number of ether oxygens (including phenoxy) is 1. The normalized spacial score (nSPS) is 14.7. The van der Waals surface area contributed by atoms with Crippen LogP contribution in [0.4, 0.5) is 4.79 Å². The highest BCUT2D eigenvalue weighted by atomic mass is 16.6. The number of aromatic nitrogens is 4. The number of hydrogen-bond acceptors (Lipinski definition) is 6. The van der Waals surface area contributed by atoms with Crippen LogP contribution in [0.2, 0.25) is 0 Å². The molecule has 5 rings (SSSR count). The molecule has 0 spiro atoms. The van der Waals surface area contributed by atoms with Gasteiger partial charge in [-0.15, -0.1) is 0 Å². The molecule has 2 aromatic heterocycles. The van der Waals surface area contributed by atoms with Gasteiger partial charge in [-0.05, 0) is 57.7 Å². The molecule has 1 amide bonds. The summed E-state index contributed by atoms with van der Waals surface area (Å²) in [6.45, 7) is 5.55. The summed E-state index contributed by atoms with van der Waals surface area (Å²) >= 11 is 0. The van der Waals surface area contributed by atoms with Crippen LogP contribution in [-0.4, -0.2) is 31.2 Å². The fourth-order valence-corrected chi connectivity index (χ4v) is 4.36. The van der Waals surface area contributed by atoms with Crippen molar-refractivity contribution >= 4 is 17.3 Å². The Morgan fingerprint density at radius 1 is 1.09 bits per heavy atom. The summed E-state index contributed by atoms with van der Waals surface area (Å²) in [7, 11) is 0. The first-order chi connectivity index (χ1) is 16.8.